The van der Waals surface area contributed by atoms with Crippen molar-refractivity contribution < 1.29 is 19.4 Å². The van der Waals surface area contributed by atoms with Crippen LogP contribution < -0.4 is 4.90 Å². The van der Waals surface area contributed by atoms with Gasteiger partial charge in [-0.15, -0.1) is 11.3 Å². The second kappa shape index (κ2) is 6.93. The summed E-state index contributed by atoms with van der Waals surface area (Å²) in [5.74, 6) is -1.10. The number of fused-ring (bicyclic) bond motifs is 1. The van der Waals surface area contributed by atoms with Gasteiger partial charge in [0.1, 0.15) is 5.00 Å². The van der Waals surface area contributed by atoms with Gasteiger partial charge in [-0.05, 0) is 38.7 Å². The molecule has 1 aliphatic rings. The SMILES string of the molecule is CCOC(=O)c1c(N(CC)CCC(=O)O)sc2c1CCC2. The van der Waals surface area contributed by atoms with Crippen molar-refractivity contribution in [1.29, 1.82) is 0 Å². The zero-order valence-electron chi connectivity index (χ0n) is 12.5. The maximum atomic E-state index is 12.3. The molecule has 1 aromatic rings. The number of carboxylic acids is 1. The first-order chi connectivity index (χ1) is 10.1. The number of aryl methyl sites for hydroxylation is 1. The number of ether oxygens (including phenoxy) is 1. The number of aliphatic carboxylic acids is 1. The van der Waals surface area contributed by atoms with Gasteiger partial charge in [-0.2, -0.15) is 0 Å². The van der Waals surface area contributed by atoms with Crippen molar-refractivity contribution in [2.24, 2.45) is 0 Å². The number of thiophene rings is 1. The largest absolute Gasteiger partial charge is 0.481 e. The lowest BCUT2D eigenvalue weighted by Crippen LogP contribution is -2.27. The number of nitrogens with zero attached hydrogens (tertiary/aromatic N) is 1. The highest BCUT2D eigenvalue weighted by atomic mass is 32.1. The number of esters is 1. The van der Waals surface area contributed by atoms with Crippen LogP contribution in [0.1, 0.15) is 47.5 Å². The summed E-state index contributed by atoms with van der Waals surface area (Å²) in [6.45, 7) is 5.22. The van der Waals surface area contributed by atoms with Crippen LogP contribution in [0.3, 0.4) is 0 Å². The van der Waals surface area contributed by atoms with E-state index in [0.717, 1.165) is 29.8 Å². The Hall–Kier alpha value is -1.56. The van der Waals surface area contributed by atoms with Crippen LogP contribution in [0.4, 0.5) is 5.00 Å². The average Bonchev–Trinajstić information content (AvgIpc) is 2.99. The van der Waals surface area contributed by atoms with Gasteiger partial charge in [0.15, 0.2) is 0 Å². The molecule has 5 nitrogen and oxygen atoms in total. The van der Waals surface area contributed by atoms with Gasteiger partial charge >= 0.3 is 11.9 Å². The number of anilines is 1. The van der Waals surface area contributed by atoms with E-state index in [1.54, 1.807) is 18.3 Å². The van der Waals surface area contributed by atoms with Gasteiger partial charge < -0.3 is 14.7 Å². The minimum atomic E-state index is -0.824. The number of rotatable bonds is 7. The van der Waals surface area contributed by atoms with Crippen LogP contribution in [-0.2, 0) is 22.4 Å². The van der Waals surface area contributed by atoms with E-state index in [-0.39, 0.29) is 12.4 Å². The molecule has 6 heteroatoms. The lowest BCUT2D eigenvalue weighted by atomic mass is 10.1. The molecule has 0 bridgehead atoms. The molecule has 0 atom stereocenters. The van der Waals surface area contributed by atoms with Gasteiger partial charge in [0, 0.05) is 18.0 Å². The third-order valence-corrected chi connectivity index (χ3v) is 5.00. The summed E-state index contributed by atoms with van der Waals surface area (Å²) in [6, 6.07) is 0. The summed E-state index contributed by atoms with van der Waals surface area (Å²) in [5, 5.41) is 9.75. The van der Waals surface area contributed by atoms with Crippen LogP contribution >= 0.6 is 11.3 Å². The fourth-order valence-electron chi connectivity index (χ4n) is 2.66. The molecule has 0 spiro atoms. The zero-order chi connectivity index (χ0) is 15.4. The molecule has 116 valence electrons. The third kappa shape index (κ3) is 3.37. The summed E-state index contributed by atoms with van der Waals surface area (Å²) in [7, 11) is 0. The van der Waals surface area contributed by atoms with Crippen molar-refractivity contribution in [2.75, 3.05) is 24.6 Å². The molecular formula is C15H21NO4S. The van der Waals surface area contributed by atoms with E-state index >= 15 is 0 Å². The first kappa shape index (κ1) is 15.8. The molecule has 1 heterocycles. The van der Waals surface area contributed by atoms with Crippen molar-refractivity contribution >= 4 is 28.3 Å². The van der Waals surface area contributed by atoms with E-state index in [0.29, 0.717) is 25.3 Å². The number of hydrogen-bond acceptors (Lipinski definition) is 5. The van der Waals surface area contributed by atoms with E-state index in [4.69, 9.17) is 9.84 Å². The van der Waals surface area contributed by atoms with Gasteiger partial charge in [0.05, 0.1) is 18.6 Å². The Morgan fingerprint density at radius 3 is 2.71 bits per heavy atom. The summed E-state index contributed by atoms with van der Waals surface area (Å²) in [4.78, 5) is 26.3. The van der Waals surface area contributed by atoms with Crippen molar-refractivity contribution in [3.05, 3.63) is 16.0 Å². The highest BCUT2D eigenvalue weighted by Gasteiger charge is 2.29. The fraction of sp³-hybridized carbons (Fsp3) is 0.600. The van der Waals surface area contributed by atoms with Crippen LogP contribution in [0.25, 0.3) is 0 Å². The number of hydrogen-bond donors (Lipinski definition) is 1. The van der Waals surface area contributed by atoms with Gasteiger partial charge in [0.2, 0.25) is 0 Å². The van der Waals surface area contributed by atoms with E-state index in [1.807, 2.05) is 11.8 Å². The van der Waals surface area contributed by atoms with Crippen LogP contribution in [-0.4, -0.2) is 36.7 Å². The molecule has 0 saturated heterocycles. The third-order valence-electron chi connectivity index (χ3n) is 3.65. The van der Waals surface area contributed by atoms with Crippen LogP contribution in [0.15, 0.2) is 0 Å². The lowest BCUT2D eigenvalue weighted by molar-refractivity contribution is -0.136. The topological polar surface area (TPSA) is 66.8 Å². The van der Waals surface area contributed by atoms with E-state index in [1.165, 1.54) is 4.88 Å². The maximum absolute atomic E-state index is 12.3. The highest BCUT2D eigenvalue weighted by Crippen LogP contribution is 2.41. The molecule has 2 rings (SSSR count). The lowest BCUT2D eigenvalue weighted by Gasteiger charge is -2.22. The van der Waals surface area contributed by atoms with Crippen molar-refractivity contribution in [2.45, 2.75) is 39.5 Å². The summed E-state index contributed by atoms with van der Waals surface area (Å²) in [5.41, 5.74) is 1.78. The fourth-order valence-corrected chi connectivity index (χ4v) is 4.13. The monoisotopic (exact) mass is 311 g/mol. The van der Waals surface area contributed by atoms with Gasteiger partial charge in [0.25, 0.3) is 0 Å². The Labute approximate surface area is 128 Å². The van der Waals surface area contributed by atoms with E-state index < -0.39 is 5.97 Å². The van der Waals surface area contributed by atoms with Gasteiger partial charge in [-0.25, -0.2) is 4.79 Å². The Morgan fingerprint density at radius 2 is 2.10 bits per heavy atom. The molecule has 0 fully saturated rings. The van der Waals surface area contributed by atoms with E-state index in [2.05, 4.69) is 0 Å². The first-order valence-electron chi connectivity index (χ1n) is 7.36. The molecule has 0 unspecified atom stereocenters. The van der Waals surface area contributed by atoms with Crippen molar-refractivity contribution in [3.8, 4) is 0 Å². The predicted molar refractivity (Wildman–Crippen MR) is 82.4 cm³/mol. The molecular weight excluding hydrogens is 290 g/mol. The Morgan fingerprint density at radius 1 is 1.33 bits per heavy atom. The maximum Gasteiger partial charge on any atom is 0.341 e. The minimum absolute atomic E-state index is 0.0681. The van der Waals surface area contributed by atoms with Crippen LogP contribution in [0.5, 0.6) is 0 Å². The molecule has 0 aromatic carbocycles. The van der Waals surface area contributed by atoms with Gasteiger partial charge in [-0.3, -0.25) is 4.79 Å². The van der Waals surface area contributed by atoms with Crippen LogP contribution in [0.2, 0.25) is 0 Å². The Bertz CT molecular complexity index is 538. The number of carbonyl (C=O) groups is 2. The highest BCUT2D eigenvalue weighted by molar-refractivity contribution is 7.16. The predicted octanol–water partition coefficient (Wildman–Crippen LogP) is 2.71. The Kier molecular flexibility index (Phi) is 5.22. The second-order valence-corrected chi connectivity index (χ2v) is 6.06. The van der Waals surface area contributed by atoms with Gasteiger partial charge in [-0.1, -0.05) is 0 Å². The smallest absolute Gasteiger partial charge is 0.341 e. The summed E-state index contributed by atoms with van der Waals surface area (Å²) < 4.78 is 5.20. The molecule has 21 heavy (non-hydrogen) atoms. The first-order valence-corrected chi connectivity index (χ1v) is 8.18. The van der Waals surface area contributed by atoms with Crippen LogP contribution in [0, 0.1) is 0 Å². The normalized spacial score (nSPS) is 13.0. The molecule has 0 radical (unpaired) electrons. The molecule has 0 saturated carbocycles. The number of carboxylic acid groups (broad SMARTS) is 1. The molecule has 1 aromatic heterocycles. The standard InChI is InChI=1S/C15H21NO4S/c1-3-16(9-8-12(17)18)14-13(15(19)20-4-2)10-6-5-7-11(10)21-14/h3-9H2,1-2H3,(H,17,18). The Balaban J connectivity index is 2.33. The molecule has 0 aliphatic heterocycles. The summed E-state index contributed by atoms with van der Waals surface area (Å²) in [6.07, 6.45) is 3.06. The van der Waals surface area contributed by atoms with Crippen molar-refractivity contribution in [3.63, 3.8) is 0 Å². The summed E-state index contributed by atoms with van der Waals surface area (Å²) >= 11 is 1.62. The average molecular weight is 311 g/mol. The minimum Gasteiger partial charge on any atom is -0.481 e. The molecule has 1 aliphatic carbocycles. The second-order valence-electron chi connectivity index (χ2n) is 4.98. The molecule has 0 amide bonds. The molecule has 1 N–H and O–H groups in total. The quantitative estimate of drug-likeness (QED) is 0.784. The zero-order valence-corrected chi connectivity index (χ0v) is 13.3. The van der Waals surface area contributed by atoms with Crippen molar-refractivity contribution in [1.82, 2.24) is 0 Å². The number of carbonyl (C=O) groups excluding carboxylic acids is 1. The van der Waals surface area contributed by atoms with E-state index in [9.17, 15) is 9.59 Å².